The van der Waals surface area contributed by atoms with Gasteiger partial charge in [-0.2, -0.15) is 0 Å². The largest absolute Gasteiger partial charge is 0.461 e. The molecule has 2 nitrogen and oxygen atoms in total. The highest BCUT2D eigenvalue weighted by molar-refractivity contribution is 5.78. The quantitative estimate of drug-likeness (QED) is 0.480. The summed E-state index contributed by atoms with van der Waals surface area (Å²) in [6.07, 6.45) is 2.57. The molecule has 0 atom stereocenters. The minimum atomic E-state index is 0.565. The molecule has 1 aromatic heterocycles. The van der Waals surface area contributed by atoms with Gasteiger partial charge in [0.25, 0.3) is 0 Å². The average molecular weight is 278 g/mol. The molecule has 2 heteroatoms. The Kier molecular flexibility index (Phi) is 4.17. The summed E-state index contributed by atoms with van der Waals surface area (Å²) in [5, 5.41) is 1.13. The Hall–Kier alpha value is -2.32. The summed E-state index contributed by atoms with van der Waals surface area (Å²) in [6, 6.07) is 18.7. The maximum Gasteiger partial charge on any atom is 0.134 e. The number of benzene rings is 2. The number of hydrogen-bond acceptors (Lipinski definition) is 2. The molecule has 106 valence electrons. The Morgan fingerprint density at radius 3 is 2.67 bits per heavy atom. The molecule has 0 radical (unpaired) electrons. The van der Waals surface area contributed by atoms with E-state index in [0.29, 0.717) is 13.2 Å². The van der Waals surface area contributed by atoms with Gasteiger partial charge in [-0.1, -0.05) is 48.5 Å². The van der Waals surface area contributed by atoms with Crippen LogP contribution >= 0.6 is 0 Å². The van der Waals surface area contributed by atoms with E-state index in [2.05, 4.69) is 36.9 Å². The molecule has 1 heterocycles. The normalized spacial score (nSPS) is 10.9. The Bertz CT molecular complexity index is 726. The molecule has 2 aromatic carbocycles. The Morgan fingerprint density at radius 2 is 1.86 bits per heavy atom. The number of ether oxygens (including phenoxy) is 1. The van der Waals surface area contributed by atoms with E-state index in [1.165, 1.54) is 5.56 Å². The van der Waals surface area contributed by atoms with Crippen LogP contribution in [-0.4, -0.2) is 6.61 Å². The summed E-state index contributed by atoms with van der Waals surface area (Å²) in [5.74, 6) is 0.986. The van der Waals surface area contributed by atoms with Gasteiger partial charge in [0.05, 0.1) is 13.2 Å². The van der Waals surface area contributed by atoms with Crippen molar-refractivity contribution < 1.29 is 9.15 Å². The van der Waals surface area contributed by atoms with Crippen molar-refractivity contribution in [1.29, 1.82) is 0 Å². The van der Waals surface area contributed by atoms with E-state index in [9.17, 15) is 0 Å². The standard InChI is InChI=1S/C19H18O2/c1-2-10-20-14-16-8-9-17-13-18(21-19(17)12-16)11-15-6-4-3-5-7-15/h2-9,12-13H,1,10-11,14H2. The third-order valence-electron chi connectivity index (χ3n) is 3.36. The molecule has 0 bridgehead atoms. The molecule has 0 saturated heterocycles. The summed E-state index contributed by atoms with van der Waals surface area (Å²) in [7, 11) is 0. The highest BCUT2D eigenvalue weighted by Crippen LogP contribution is 2.23. The summed E-state index contributed by atoms with van der Waals surface area (Å²) in [4.78, 5) is 0. The lowest BCUT2D eigenvalue weighted by atomic mass is 10.1. The highest BCUT2D eigenvalue weighted by atomic mass is 16.5. The van der Waals surface area contributed by atoms with E-state index in [4.69, 9.17) is 9.15 Å². The molecule has 0 spiro atoms. The lowest BCUT2D eigenvalue weighted by Gasteiger charge is -2.01. The van der Waals surface area contributed by atoms with E-state index in [1.807, 2.05) is 24.3 Å². The summed E-state index contributed by atoms with van der Waals surface area (Å²) in [5.41, 5.74) is 3.29. The summed E-state index contributed by atoms with van der Waals surface area (Å²) in [6.45, 7) is 4.79. The van der Waals surface area contributed by atoms with E-state index < -0.39 is 0 Å². The van der Waals surface area contributed by atoms with Gasteiger partial charge in [-0.05, 0) is 23.3 Å². The lowest BCUT2D eigenvalue weighted by Crippen LogP contribution is -1.91. The van der Waals surface area contributed by atoms with Crippen molar-refractivity contribution in [3.05, 3.63) is 84.1 Å². The van der Waals surface area contributed by atoms with E-state index in [-0.39, 0.29) is 0 Å². The fourth-order valence-corrected chi connectivity index (χ4v) is 2.36. The molecule has 0 saturated carbocycles. The summed E-state index contributed by atoms with van der Waals surface area (Å²) < 4.78 is 11.4. The molecule has 21 heavy (non-hydrogen) atoms. The average Bonchev–Trinajstić information content (AvgIpc) is 2.90. The van der Waals surface area contributed by atoms with Gasteiger partial charge >= 0.3 is 0 Å². The van der Waals surface area contributed by atoms with Crippen molar-refractivity contribution in [3.8, 4) is 0 Å². The molecular weight excluding hydrogens is 260 g/mol. The molecule has 0 aliphatic heterocycles. The van der Waals surface area contributed by atoms with Gasteiger partial charge in [0.2, 0.25) is 0 Å². The van der Waals surface area contributed by atoms with Crippen molar-refractivity contribution in [2.45, 2.75) is 13.0 Å². The van der Waals surface area contributed by atoms with Crippen LogP contribution in [0.4, 0.5) is 0 Å². The first-order valence-corrected chi connectivity index (χ1v) is 7.09. The van der Waals surface area contributed by atoms with Crippen LogP contribution in [0.25, 0.3) is 11.0 Å². The van der Waals surface area contributed by atoms with E-state index >= 15 is 0 Å². The monoisotopic (exact) mass is 278 g/mol. The van der Waals surface area contributed by atoms with Crippen LogP contribution in [0, 0.1) is 0 Å². The zero-order chi connectivity index (χ0) is 14.5. The van der Waals surface area contributed by atoms with Crippen LogP contribution in [-0.2, 0) is 17.8 Å². The Balaban J connectivity index is 1.78. The fourth-order valence-electron chi connectivity index (χ4n) is 2.36. The lowest BCUT2D eigenvalue weighted by molar-refractivity contribution is 0.149. The maximum absolute atomic E-state index is 5.94. The van der Waals surface area contributed by atoms with Crippen molar-refractivity contribution in [2.75, 3.05) is 6.61 Å². The third kappa shape index (κ3) is 3.41. The summed E-state index contributed by atoms with van der Waals surface area (Å²) >= 11 is 0. The van der Waals surface area contributed by atoms with Crippen LogP contribution in [0.5, 0.6) is 0 Å². The van der Waals surface area contributed by atoms with Gasteiger partial charge in [0.1, 0.15) is 11.3 Å². The predicted octanol–water partition coefficient (Wildman–Crippen LogP) is 4.73. The van der Waals surface area contributed by atoms with Crippen molar-refractivity contribution >= 4 is 11.0 Å². The van der Waals surface area contributed by atoms with Gasteiger partial charge in [-0.15, -0.1) is 6.58 Å². The fraction of sp³-hybridized carbons (Fsp3) is 0.158. The minimum absolute atomic E-state index is 0.565. The van der Waals surface area contributed by atoms with Crippen LogP contribution in [0.1, 0.15) is 16.9 Å². The van der Waals surface area contributed by atoms with Crippen LogP contribution in [0.15, 0.2) is 71.7 Å². The van der Waals surface area contributed by atoms with Gasteiger partial charge < -0.3 is 9.15 Å². The molecule has 0 aliphatic rings. The van der Waals surface area contributed by atoms with Crippen LogP contribution < -0.4 is 0 Å². The second kappa shape index (κ2) is 6.42. The smallest absolute Gasteiger partial charge is 0.134 e. The van der Waals surface area contributed by atoms with E-state index in [1.54, 1.807) is 6.08 Å². The first-order valence-electron chi connectivity index (χ1n) is 7.09. The molecular formula is C19H18O2. The number of fused-ring (bicyclic) bond motifs is 1. The Labute approximate surface area is 124 Å². The first-order chi connectivity index (χ1) is 10.3. The zero-order valence-electron chi connectivity index (χ0n) is 11.9. The van der Waals surface area contributed by atoms with Crippen molar-refractivity contribution in [3.63, 3.8) is 0 Å². The minimum Gasteiger partial charge on any atom is -0.461 e. The molecule has 3 rings (SSSR count). The van der Waals surface area contributed by atoms with Crippen molar-refractivity contribution in [2.24, 2.45) is 0 Å². The Morgan fingerprint density at radius 1 is 1.00 bits per heavy atom. The maximum atomic E-state index is 5.94. The third-order valence-corrected chi connectivity index (χ3v) is 3.36. The van der Waals surface area contributed by atoms with Gasteiger partial charge in [0, 0.05) is 11.8 Å². The zero-order valence-corrected chi connectivity index (χ0v) is 11.9. The second-order valence-corrected chi connectivity index (χ2v) is 5.05. The number of rotatable bonds is 6. The van der Waals surface area contributed by atoms with Crippen molar-refractivity contribution in [1.82, 2.24) is 0 Å². The molecule has 0 unspecified atom stereocenters. The highest BCUT2D eigenvalue weighted by Gasteiger charge is 2.05. The molecule has 3 aromatic rings. The molecule has 0 amide bonds. The SMILES string of the molecule is C=CCOCc1ccc2cc(Cc3ccccc3)oc2c1. The van der Waals surface area contributed by atoms with Gasteiger partial charge in [-0.25, -0.2) is 0 Å². The second-order valence-electron chi connectivity index (χ2n) is 5.05. The van der Waals surface area contributed by atoms with E-state index in [0.717, 1.165) is 28.7 Å². The van der Waals surface area contributed by atoms with Crippen LogP contribution in [0.3, 0.4) is 0 Å². The molecule has 0 N–H and O–H groups in total. The van der Waals surface area contributed by atoms with Crippen LogP contribution in [0.2, 0.25) is 0 Å². The number of furan rings is 1. The van der Waals surface area contributed by atoms with Gasteiger partial charge in [-0.3, -0.25) is 0 Å². The van der Waals surface area contributed by atoms with Gasteiger partial charge in [0.15, 0.2) is 0 Å². The number of hydrogen-bond donors (Lipinski definition) is 0. The molecule has 0 aliphatic carbocycles. The first kappa shape index (κ1) is 13.7. The topological polar surface area (TPSA) is 22.4 Å². The molecule has 0 fully saturated rings. The predicted molar refractivity (Wildman–Crippen MR) is 85.3 cm³/mol.